The third-order valence-corrected chi connectivity index (χ3v) is 5.86. The molecule has 144 valence electrons. The number of rotatable bonds is 4. The highest BCUT2D eigenvalue weighted by molar-refractivity contribution is 7.21. The van der Waals surface area contributed by atoms with E-state index in [0.717, 1.165) is 26.4 Å². The maximum atomic E-state index is 12.8. The number of aromatic nitrogens is 1. The van der Waals surface area contributed by atoms with Gasteiger partial charge in [0.25, 0.3) is 11.6 Å². The molecule has 0 radical (unpaired) electrons. The minimum atomic E-state index is -0.481. The standard InChI is InChI=1S/C22H17N3O3S/c1-13-10-11-15(22-24-17-7-3-4-9-20(17)29-22)12-18(13)23-21(26)16-6-5-8-19(14(16)2)25(27)28/h3-12H,1-2H3,(H,23,26). The maximum absolute atomic E-state index is 12.8. The van der Waals surface area contributed by atoms with E-state index in [9.17, 15) is 14.9 Å². The van der Waals surface area contributed by atoms with Gasteiger partial charge in [-0.1, -0.05) is 30.3 Å². The number of carbonyl (C=O) groups is 1. The molecule has 1 aromatic heterocycles. The molecule has 1 amide bonds. The van der Waals surface area contributed by atoms with E-state index in [2.05, 4.69) is 10.3 Å². The Balaban J connectivity index is 1.67. The second kappa shape index (κ2) is 7.44. The van der Waals surface area contributed by atoms with Gasteiger partial charge in [0.2, 0.25) is 0 Å². The van der Waals surface area contributed by atoms with E-state index >= 15 is 0 Å². The number of anilines is 1. The summed E-state index contributed by atoms with van der Waals surface area (Å²) in [7, 11) is 0. The summed E-state index contributed by atoms with van der Waals surface area (Å²) in [5.74, 6) is -0.379. The fourth-order valence-electron chi connectivity index (χ4n) is 3.14. The molecule has 6 nitrogen and oxygen atoms in total. The number of thiazole rings is 1. The molecule has 0 saturated heterocycles. The average Bonchev–Trinajstić information content (AvgIpc) is 3.13. The van der Waals surface area contributed by atoms with Crippen LogP contribution in [0.1, 0.15) is 21.5 Å². The van der Waals surface area contributed by atoms with Crippen LogP contribution in [0.4, 0.5) is 11.4 Å². The fourth-order valence-corrected chi connectivity index (χ4v) is 4.10. The van der Waals surface area contributed by atoms with E-state index in [1.165, 1.54) is 12.1 Å². The van der Waals surface area contributed by atoms with Crippen LogP contribution in [0, 0.1) is 24.0 Å². The summed E-state index contributed by atoms with van der Waals surface area (Å²) in [6.45, 7) is 3.48. The van der Waals surface area contributed by atoms with Crippen molar-refractivity contribution in [1.29, 1.82) is 0 Å². The van der Waals surface area contributed by atoms with Crippen LogP contribution in [0.5, 0.6) is 0 Å². The molecule has 0 aliphatic carbocycles. The monoisotopic (exact) mass is 403 g/mol. The highest BCUT2D eigenvalue weighted by Crippen LogP contribution is 2.32. The van der Waals surface area contributed by atoms with Crippen LogP contribution in [0.3, 0.4) is 0 Å². The van der Waals surface area contributed by atoms with E-state index in [1.54, 1.807) is 24.3 Å². The molecule has 4 rings (SSSR count). The van der Waals surface area contributed by atoms with Gasteiger partial charge in [-0.05, 0) is 43.7 Å². The Kier molecular flexibility index (Phi) is 4.82. The maximum Gasteiger partial charge on any atom is 0.273 e. The Morgan fingerprint density at radius 1 is 1.07 bits per heavy atom. The van der Waals surface area contributed by atoms with E-state index in [0.29, 0.717) is 11.3 Å². The molecule has 0 spiro atoms. The third kappa shape index (κ3) is 3.60. The molecule has 0 aliphatic heterocycles. The molecule has 0 fully saturated rings. The van der Waals surface area contributed by atoms with Crippen molar-refractivity contribution >= 4 is 38.8 Å². The minimum absolute atomic E-state index is 0.0717. The highest BCUT2D eigenvalue weighted by atomic mass is 32.1. The van der Waals surface area contributed by atoms with E-state index in [1.807, 2.05) is 49.4 Å². The summed E-state index contributed by atoms with van der Waals surface area (Å²) >= 11 is 1.59. The summed E-state index contributed by atoms with van der Waals surface area (Å²) in [5, 5.41) is 14.9. The first-order valence-corrected chi connectivity index (χ1v) is 9.77. The van der Waals surface area contributed by atoms with Crippen LogP contribution in [-0.2, 0) is 0 Å². The summed E-state index contributed by atoms with van der Waals surface area (Å²) in [6.07, 6.45) is 0. The van der Waals surface area contributed by atoms with Crippen LogP contribution < -0.4 is 5.32 Å². The number of nitro groups is 1. The quantitative estimate of drug-likeness (QED) is 0.348. The largest absolute Gasteiger partial charge is 0.322 e. The number of amides is 1. The zero-order valence-corrected chi connectivity index (χ0v) is 16.6. The first-order valence-electron chi connectivity index (χ1n) is 8.96. The summed E-state index contributed by atoms with van der Waals surface area (Å²) in [4.78, 5) is 28.1. The van der Waals surface area contributed by atoms with Crippen molar-refractivity contribution in [1.82, 2.24) is 4.98 Å². The van der Waals surface area contributed by atoms with Crippen LogP contribution in [0.15, 0.2) is 60.7 Å². The molecule has 1 N–H and O–H groups in total. The number of nitro benzene ring substituents is 1. The van der Waals surface area contributed by atoms with Crippen LogP contribution in [0.25, 0.3) is 20.8 Å². The van der Waals surface area contributed by atoms with Gasteiger partial charge in [0.1, 0.15) is 5.01 Å². The SMILES string of the molecule is Cc1ccc(-c2nc3ccccc3s2)cc1NC(=O)c1cccc([N+](=O)[O-])c1C. The number of fused-ring (bicyclic) bond motifs is 1. The molecular weight excluding hydrogens is 386 g/mol. The number of benzene rings is 3. The zero-order valence-electron chi connectivity index (χ0n) is 15.8. The molecule has 1 heterocycles. The lowest BCUT2D eigenvalue weighted by molar-refractivity contribution is -0.385. The molecule has 3 aromatic carbocycles. The number of hydrogen-bond acceptors (Lipinski definition) is 5. The van der Waals surface area contributed by atoms with Crippen molar-refractivity contribution in [3.8, 4) is 10.6 Å². The number of carbonyl (C=O) groups excluding carboxylic acids is 1. The van der Waals surface area contributed by atoms with Crippen molar-refractivity contribution in [2.45, 2.75) is 13.8 Å². The Labute approximate surface area is 171 Å². The molecule has 7 heteroatoms. The molecule has 4 aromatic rings. The van der Waals surface area contributed by atoms with Gasteiger partial charge in [-0.25, -0.2) is 4.98 Å². The lowest BCUT2D eigenvalue weighted by atomic mass is 10.1. The Hall–Kier alpha value is -3.58. The van der Waals surface area contributed by atoms with Gasteiger partial charge >= 0.3 is 0 Å². The van der Waals surface area contributed by atoms with Gasteiger partial charge in [-0.3, -0.25) is 14.9 Å². The van der Waals surface area contributed by atoms with E-state index in [-0.39, 0.29) is 17.2 Å². The van der Waals surface area contributed by atoms with Gasteiger partial charge in [0, 0.05) is 28.4 Å². The Morgan fingerprint density at radius 3 is 2.62 bits per heavy atom. The molecule has 0 saturated carbocycles. The molecule has 0 atom stereocenters. The Bertz CT molecular complexity index is 1230. The van der Waals surface area contributed by atoms with Crippen molar-refractivity contribution in [3.05, 3.63) is 87.5 Å². The van der Waals surface area contributed by atoms with Crippen LogP contribution in [0.2, 0.25) is 0 Å². The van der Waals surface area contributed by atoms with Gasteiger partial charge in [0.15, 0.2) is 0 Å². The van der Waals surface area contributed by atoms with Crippen molar-refractivity contribution in [2.24, 2.45) is 0 Å². The number of nitrogens with zero attached hydrogens (tertiary/aromatic N) is 2. The van der Waals surface area contributed by atoms with Gasteiger partial charge in [-0.2, -0.15) is 0 Å². The molecule has 0 bridgehead atoms. The number of hydrogen-bond donors (Lipinski definition) is 1. The number of nitrogens with one attached hydrogen (secondary N) is 1. The minimum Gasteiger partial charge on any atom is -0.322 e. The first-order chi connectivity index (χ1) is 13.9. The van der Waals surface area contributed by atoms with Crippen LogP contribution in [-0.4, -0.2) is 15.8 Å². The molecule has 0 aliphatic rings. The average molecular weight is 403 g/mol. The van der Waals surface area contributed by atoms with Crippen molar-refractivity contribution < 1.29 is 9.72 Å². The fraction of sp³-hybridized carbons (Fsp3) is 0.0909. The first kappa shape index (κ1) is 18.8. The lowest BCUT2D eigenvalue weighted by Crippen LogP contribution is -2.15. The predicted molar refractivity (Wildman–Crippen MR) is 116 cm³/mol. The predicted octanol–water partition coefficient (Wildman–Crippen LogP) is 5.74. The lowest BCUT2D eigenvalue weighted by Gasteiger charge is -2.11. The van der Waals surface area contributed by atoms with E-state index in [4.69, 9.17) is 0 Å². The Morgan fingerprint density at radius 2 is 1.86 bits per heavy atom. The molecule has 29 heavy (non-hydrogen) atoms. The molecular formula is C22H17N3O3S. The smallest absolute Gasteiger partial charge is 0.273 e. The number of para-hydroxylation sites is 1. The highest BCUT2D eigenvalue weighted by Gasteiger charge is 2.19. The van der Waals surface area contributed by atoms with Gasteiger partial charge in [0.05, 0.1) is 15.1 Å². The second-order valence-corrected chi connectivity index (χ2v) is 7.71. The third-order valence-electron chi connectivity index (χ3n) is 4.77. The zero-order chi connectivity index (χ0) is 20.5. The summed E-state index contributed by atoms with van der Waals surface area (Å²) < 4.78 is 1.10. The van der Waals surface area contributed by atoms with Crippen molar-refractivity contribution in [2.75, 3.05) is 5.32 Å². The normalized spacial score (nSPS) is 10.8. The molecule has 0 unspecified atom stereocenters. The topological polar surface area (TPSA) is 85.1 Å². The summed E-state index contributed by atoms with van der Waals surface area (Å²) in [6, 6.07) is 18.2. The van der Waals surface area contributed by atoms with Crippen LogP contribution >= 0.6 is 11.3 Å². The van der Waals surface area contributed by atoms with Gasteiger partial charge < -0.3 is 5.32 Å². The number of aryl methyl sites for hydroxylation is 1. The van der Waals surface area contributed by atoms with E-state index < -0.39 is 4.92 Å². The van der Waals surface area contributed by atoms with Crippen molar-refractivity contribution in [3.63, 3.8) is 0 Å². The van der Waals surface area contributed by atoms with Gasteiger partial charge in [-0.15, -0.1) is 11.3 Å². The second-order valence-electron chi connectivity index (χ2n) is 6.68. The summed E-state index contributed by atoms with van der Waals surface area (Å²) in [5.41, 5.74) is 3.94.